The van der Waals surface area contributed by atoms with Crippen molar-refractivity contribution >= 4 is 5.84 Å². The Balaban J connectivity index is 2.35. The van der Waals surface area contributed by atoms with Gasteiger partial charge >= 0.3 is 0 Å². The maximum absolute atomic E-state index is 8.47. The zero-order valence-electron chi connectivity index (χ0n) is 9.90. The molecule has 0 aromatic carbocycles. The van der Waals surface area contributed by atoms with Gasteiger partial charge in [-0.3, -0.25) is 0 Å². The van der Waals surface area contributed by atoms with E-state index in [1.165, 1.54) is 12.8 Å². The van der Waals surface area contributed by atoms with E-state index >= 15 is 0 Å². The third kappa shape index (κ3) is 3.38. The van der Waals surface area contributed by atoms with Gasteiger partial charge in [0.1, 0.15) is 5.84 Å². The van der Waals surface area contributed by atoms with Crippen LogP contribution in [0.1, 0.15) is 40.0 Å². The van der Waals surface area contributed by atoms with E-state index in [0.717, 1.165) is 11.8 Å². The molecule has 0 aromatic heterocycles. The van der Waals surface area contributed by atoms with Gasteiger partial charge in [-0.05, 0) is 31.6 Å². The molecule has 1 fully saturated rings. The van der Waals surface area contributed by atoms with Crippen molar-refractivity contribution in [3.8, 4) is 0 Å². The Morgan fingerprint density at radius 3 is 2.67 bits per heavy atom. The lowest BCUT2D eigenvalue weighted by atomic mass is 9.97. The van der Waals surface area contributed by atoms with Crippen molar-refractivity contribution in [2.75, 3.05) is 0 Å². The molecule has 4 N–H and O–H groups in total. The van der Waals surface area contributed by atoms with Crippen LogP contribution in [0.25, 0.3) is 0 Å². The molecular weight excluding hydrogens is 190 g/mol. The average molecular weight is 213 g/mol. The van der Waals surface area contributed by atoms with E-state index in [-0.39, 0.29) is 6.04 Å². The number of nitrogens with zero attached hydrogens (tertiary/aromatic N) is 1. The van der Waals surface area contributed by atoms with Crippen LogP contribution in [0.15, 0.2) is 5.16 Å². The Bertz CT molecular complexity index is 230. The van der Waals surface area contributed by atoms with Crippen molar-refractivity contribution in [3.63, 3.8) is 0 Å². The molecule has 0 bridgehead atoms. The monoisotopic (exact) mass is 213 g/mol. The first-order valence-corrected chi connectivity index (χ1v) is 5.77. The van der Waals surface area contributed by atoms with Gasteiger partial charge in [0.15, 0.2) is 0 Å². The van der Waals surface area contributed by atoms with Crippen LogP contribution in [-0.2, 0) is 0 Å². The first-order chi connectivity index (χ1) is 7.04. The Hall–Kier alpha value is -0.770. The number of amidine groups is 1. The summed E-state index contributed by atoms with van der Waals surface area (Å²) < 4.78 is 0. The van der Waals surface area contributed by atoms with E-state index in [0.29, 0.717) is 18.3 Å². The van der Waals surface area contributed by atoms with Crippen molar-refractivity contribution in [3.05, 3.63) is 0 Å². The third-order valence-electron chi connectivity index (χ3n) is 3.61. The van der Waals surface area contributed by atoms with Gasteiger partial charge in [-0.25, -0.2) is 0 Å². The summed E-state index contributed by atoms with van der Waals surface area (Å²) in [6.07, 6.45) is 3.14. The molecule has 0 aromatic rings. The standard InChI is InChI=1S/C11H23N3O/c1-7-4-5-10(9(7)3)13-8(2)6-11(12)14-15/h7-10,13,15H,4-6H2,1-3H3,(H2,12,14). The molecule has 88 valence electrons. The van der Waals surface area contributed by atoms with Crippen LogP contribution < -0.4 is 11.1 Å². The van der Waals surface area contributed by atoms with Gasteiger partial charge in [0.25, 0.3) is 0 Å². The Morgan fingerprint density at radius 1 is 1.53 bits per heavy atom. The highest BCUT2D eigenvalue weighted by molar-refractivity contribution is 5.80. The zero-order valence-corrected chi connectivity index (χ0v) is 9.90. The fraction of sp³-hybridized carbons (Fsp3) is 0.909. The minimum absolute atomic E-state index is 0.277. The van der Waals surface area contributed by atoms with E-state index in [4.69, 9.17) is 10.9 Å². The number of nitrogens with one attached hydrogen (secondary N) is 1. The Kier molecular flexibility index (Phi) is 4.39. The number of oxime groups is 1. The minimum atomic E-state index is 0.277. The topological polar surface area (TPSA) is 70.6 Å². The van der Waals surface area contributed by atoms with Gasteiger partial charge in [-0.15, -0.1) is 0 Å². The lowest BCUT2D eigenvalue weighted by Gasteiger charge is -2.23. The molecule has 4 unspecified atom stereocenters. The van der Waals surface area contributed by atoms with Gasteiger partial charge in [-0.1, -0.05) is 19.0 Å². The summed E-state index contributed by atoms with van der Waals surface area (Å²) in [5.74, 6) is 1.83. The van der Waals surface area contributed by atoms with E-state index in [1.54, 1.807) is 0 Å². The lowest BCUT2D eigenvalue weighted by Crippen LogP contribution is -2.40. The van der Waals surface area contributed by atoms with Crippen LogP contribution in [0.2, 0.25) is 0 Å². The fourth-order valence-corrected chi connectivity index (χ4v) is 2.38. The number of hydrogen-bond donors (Lipinski definition) is 3. The fourth-order valence-electron chi connectivity index (χ4n) is 2.38. The minimum Gasteiger partial charge on any atom is -0.409 e. The van der Waals surface area contributed by atoms with Crippen molar-refractivity contribution < 1.29 is 5.21 Å². The molecule has 1 aliphatic carbocycles. The smallest absolute Gasteiger partial charge is 0.140 e. The van der Waals surface area contributed by atoms with E-state index < -0.39 is 0 Å². The molecule has 1 saturated carbocycles. The van der Waals surface area contributed by atoms with Gasteiger partial charge in [0.05, 0.1) is 0 Å². The molecule has 0 aliphatic heterocycles. The lowest BCUT2D eigenvalue weighted by molar-refractivity contribution is 0.313. The van der Waals surface area contributed by atoms with Crippen molar-refractivity contribution in [2.24, 2.45) is 22.7 Å². The summed E-state index contributed by atoms with van der Waals surface area (Å²) in [5.41, 5.74) is 5.47. The maximum atomic E-state index is 8.47. The van der Waals surface area contributed by atoms with Crippen LogP contribution >= 0.6 is 0 Å². The average Bonchev–Trinajstić information content (AvgIpc) is 2.49. The quantitative estimate of drug-likeness (QED) is 0.287. The molecule has 4 nitrogen and oxygen atoms in total. The zero-order chi connectivity index (χ0) is 11.4. The number of nitrogens with two attached hydrogens (primary N) is 1. The van der Waals surface area contributed by atoms with E-state index in [1.807, 2.05) is 0 Å². The summed E-state index contributed by atoms with van der Waals surface area (Å²) in [5, 5.41) is 15.0. The molecule has 15 heavy (non-hydrogen) atoms. The Labute approximate surface area is 91.9 Å². The predicted molar refractivity (Wildman–Crippen MR) is 62.0 cm³/mol. The highest BCUT2D eigenvalue weighted by Crippen LogP contribution is 2.31. The van der Waals surface area contributed by atoms with Gasteiger partial charge in [0.2, 0.25) is 0 Å². The van der Waals surface area contributed by atoms with Crippen LogP contribution in [0.3, 0.4) is 0 Å². The summed E-state index contributed by atoms with van der Waals surface area (Å²) in [6.45, 7) is 6.68. The van der Waals surface area contributed by atoms with Crippen LogP contribution in [0.5, 0.6) is 0 Å². The summed E-state index contributed by atoms with van der Waals surface area (Å²) >= 11 is 0. The molecule has 0 spiro atoms. The highest BCUT2D eigenvalue weighted by atomic mass is 16.4. The first-order valence-electron chi connectivity index (χ1n) is 5.77. The number of hydrogen-bond acceptors (Lipinski definition) is 3. The van der Waals surface area contributed by atoms with E-state index in [2.05, 4.69) is 31.2 Å². The number of rotatable bonds is 4. The molecule has 4 heteroatoms. The van der Waals surface area contributed by atoms with Crippen molar-refractivity contribution in [2.45, 2.75) is 52.1 Å². The molecule has 4 atom stereocenters. The normalized spacial score (nSPS) is 34.3. The second-order valence-corrected chi connectivity index (χ2v) is 4.88. The summed E-state index contributed by atoms with van der Waals surface area (Å²) in [6, 6.07) is 0.861. The SMILES string of the molecule is CC(CC(N)=NO)NC1CCC(C)C1C. The van der Waals surface area contributed by atoms with Crippen molar-refractivity contribution in [1.82, 2.24) is 5.32 Å². The maximum Gasteiger partial charge on any atom is 0.140 e. The molecule has 0 heterocycles. The second kappa shape index (κ2) is 5.35. The molecule has 1 aliphatic rings. The van der Waals surface area contributed by atoms with E-state index in [9.17, 15) is 0 Å². The molecule has 0 radical (unpaired) electrons. The summed E-state index contributed by atoms with van der Waals surface area (Å²) in [4.78, 5) is 0. The van der Waals surface area contributed by atoms with Gasteiger partial charge in [-0.2, -0.15) is 0 Å². The highest BCUT2D eigenvalue weighted by Gasteiger charge is 2.30. The van der Waals surface area contributed by atoms with Gasteiger partial charge in [0, 0.05) is 18.5 Å². The molecule has 0 saturated heterocycles. The third-order valence-corrected chi connectivity index (χ3v) is 3.61. The molecular formula is C11H23N3O. The molecule has 1 rings (SSSR count). The largest absolute Gasteiger partial charge is 0.409 e. The Morgan fingerprint density at radius 2 is 2.20 bits per heavy atom. The van der Waals surface area contributed by atoms with Crippen LogP contribution in [0.4, 0.5) is 0 Å². The predicted octanol–water partition coefficient (Wildman–Crippen LogP) is 1.54. The second-order valence-electron chi connectivity index (χ2n) is 4.88. The molecule has 0 amide bonds. The van der Waals surface area contributed by atoms with Gasteiger partial charge < -0.3 is 16.3 Å². The summed E-state index contributed by atoms with van der Waals surface area (Å²) in [7, 11) is 0. The van der Waals surface area contributed by atoms with Crippen molar-refractivity contribution in [1.29, 1.82) is 0 Å². The first kappa shape index (κ1) is 12.3. The van der Waals surface area contributed by atoms with Crippen LogP contribution in [0, 0.1) is 11.8 Å². The van der Waals surface area contributed by atoms with Crippen LogP contribution in [-0.4, -0.2) is 23.1 Å².